The van der Waals surface area contributed by atoms with E-state index in [2.05, 4.69) is 21.2 Å². The lowest BCUT2D eigenvalue weighted by atomic mass is 10.0. The van der Waals surface area contributed by atoms with Crippen LogP contribution in [0.5, 0.6) is 5.75 Å². The first-order chi connectivity index (χ1) is 15.5. The lowest BCUT2D eigenvalue weighted by Crippen LogP contribution is -2.51. The summed E-state index contributed by atoms with van der Waals surface area (Å²) in [6.45, 7) is -0.0438. The summed E-state index contributed by atoms with van der Waals surface area (Å²) in [7, 11) is 1.55. The van der Waals surface area contributed by atoms with E-state index < -0.39 is 6.04 Å². The summed E-state index contributed by atoms with van der Waals surface area (Å²) in [6.07, 6.45) is 0.358. The highest BCUT2D eigenvalue weighted by molar-refractivity contribution is 9.10. The summed E-state index contributed by atoms with van der Waals surface area (Å²) in [6, 6.07) is 21.8. The van der Waals surface area contributed by atoms with Crippen molar-refractivity contribution in [2.24, 2.45) is 0 Å². The molecule has 0 spiro atoms. The number of benzene rings is 3. The van der Waals surface area contributed by atoms with E-state index in [1.807, 2.05) is 54.6 Å². The molecule has 0 radical (unpaired) electrons. The third-order valence-electron chi connectivity index (χ3n) is 4.94. The van der Waals surface area contributed by atoms with Crippen LogP contribution in [-0.2, 0) is 22.6 Å². The van der Waals surface area contributed by atoms with Crippen LogP contribution in [0.4, 0.5) is 4.39 Å². The highest BCUT2D eigenvalue weighted by Gasteiger charge is 2.30. The summed E-state index contributed by atoms with van der Waals surface area (Å²) in [5, 5.41) is 2.67. The van der Waals surface area contributed by atoms with Crippen LogP contribution >= 0.6 is 15.9 Å². The molecule has 3 rings (SSSR count). The first kappa shape index (κ1) is 23.5. The molecule has 2 amide bonds. The Hall–Kier alpha value is -3.19. The van der Waals surface area contributed by atoms with Crippen LogP contribution < -0.4 is 10.1 Å². The zero-order valence-corrected chi connectivity index (χ0v) is 19.2. The first-order valence-corrected chi connectivity index (χ1v) is 10.9. The number of nitrogens with one attached hydrogen (secondary N) is 1. The molecular weight excluding hydrogens is 475 g/mol. The van der Waals surface area contributed by atoms with Gasteiger partial charge in [-0.1, -0.05) is 58.4 Å². The lowest BCUT2D eigenvalue weighted by Gasteiger charge is -2.31. The summed E-state index contributed by atoms with van der Waals surface area (Å²) in [5.74, 6) is -0.623. The van der Waals surface area contributed by atoms with Gasteiger partial charge in [0.25, 0.3) is 5.91 Å². The summed E-state index contributed by atoms with van der Waals surface area (Å²) >= 11 is 3.45. The second-order valence-corrected chi connectivity index (χ2v) is 8.13. The molecule has 0 aromatic heterocycles. The number of carbonyl (C=O) groups excluding carboxylic acids is 2. The van der Waals surface area contributed by atoms with Crippen LogP contribution in [0, 0.1) is 5.82 Å². The van der Waals surface area contributed by atoms with Gasteiger partial charge in [-0.15, -0.1) is 0 Å². The molecule has 0 saturated carbocycles. The third-order valence-corrected chi connectivity index (χ3v) is 5.43. The molecule has 3 aromatic carbocycles. The van der Waals surface area contributed by atoms with Crippen LogP contribution in [-0.4, -0.2) is 36.4 Å². The number of hydrogen-bond donors (Lipinski definition) is 1. The van der Waals surface area contributed by atoms with Gasteiger partial charge in [0.1, 0.15) is 17.6 Å². The normalized spacial score (nSPS) is 11.5. The smallest absolute Gasteiger partial charge is 0.261 e. The van der Waals surface area contributed by atoms with E-state index in [0.29, 0.717) is 12.2 Å². The second-order valence-electron chi connectivity index (χ2n) is 7.21. The van der Waals surface area contributed by atoms with Crippen molar-refractivity contribution >= 4 is 27.7 Å². The molecule has 0 aliphatic rings. The van der Waals surface area contributed by atoms with Crippen molar-refractivity contribution in [2.75, 3.05) is 13.7 Å². The molecule has 7 heteroatoms. The van der Waals surface area contributed by atoms with Crippen LogP contribution in [0.3, 0.4) is 0 Å². The van der Waals surface area contributed by atoms with Crippen molar-refractivity contribution in [1.29, 1.82) is 0 Å². The van der Waals surface area contributed by atoms with E-state index in [-0.39, 0.29) is 30.8 Å². The maximum absolute atomic E-state index is 13.3. The predicted molar refractivity (Wildman–Crippen MR) is 125 cm³/mol. The van der Waals surface area contributed by atoms with Gasteiger partial charge in [0, 0.05) is 24.5 Å². The number of halogens is 2. The number of ether oxygens (including phenoxy) is 1. The van der Waals surface area contributed by atoms with E-state index in [1.165, 1.54) is 29.2 Å². The van der Waals surface area contributed by atoms with Crippen molar-refractivity contribution < 1.29 is 18.7 Å². The fraction of sp³-hybridized carbons (Fsp3) is 0.200. The Morgan fingerprint density at radius 3 is 2.34 bits per heavy atom. The molecule has 0 heterocycles. The van der Waals surface area contributed by atoms with E-state index >= 15 is 0 Å². The Balaban J connectivity index is 1.86. The number of nitrogens with zero attached hydrogens (tertiary/aromatic N) is 1. The molecule has 0 bridgehead atoms. The van der Waals surface area contributed by atoms with Gasteiger partial charge in [-0.3, -0.25) is 9.59 Å². The highest BCUT2D eigenvalue weighted by Crippen LogP contribution is 2.18. The molecule has 166 valence electrons. The maximum Gasteiger partial charge on any atom is 0.261 e. The Morgan fingerprint density at radius 1 is 1.00 bits per heavy atom. The van der Waals surface area contributed by atoms with E-state index in [1.54, 1.807) is 7.05 Å². The highest BCUT2D eigenvalue weighted by atomic mass is 79.9. The number of hydrogen-bond acceptors (Lipinski definition) is 3. The van der Waals surface area contributed by atoms with Crippen LogP contribution in [0.1, 0.15) is 11.1 Å². The van der Waals surface area contributed by atoms with Crippen molar-refractivity contribution in [3.05, 3.63) is 100 Å². The zero-order valence-electron chi connectivity index (χ0n) is 17.6. The molecule has 0 saturated heterocycles. The Kier molecular flexibility index (Phi) is 8.39. The second kappa shape index (κ2) is 11.4. The molecule has 1 atom stereocenters. The lowest BCUT2D eigenvalue weighted by molar-refractivity contribution is -0.142. The average molecular weight is 499 g/mol. The van der Waals surface area contributed by atoms with Crippen molar-refractivity contribution in [3.8, 4) is 5.75 Å². The summed E-state index contributed by atoms with van der Waals surface area (Å²) in [4.78, 5) is 27.6. The molecule has 3 aromatic rings. The fourth-order valence-electron chi connectivity index (χ4n) is 3.31. The van der Waals surface area contributed by atoms with Crippen LogP contribution in [0.15, 0.2) is 83.3 Å². The Morgan fingerprint density at radius 2 is 1.69 bits per heavy atom. The minimum atomic E-state index is -0.731. The molecule has 0 fully saturated rings. The third kappa shape index (κ3) is 6.65. The first-order valence-electron chi connectivity index (χ1n) is 10.1. The number of amides is 2. The van der Waals surface area contributed by atoms with Crippen molar-refractivity contribution in [3.63, 3.8) is 0 Å². The van der Waals surface area contributed by atoms with Gasteiger partial charge in [0.2, 0.25) is 5.91 Å². The monoisotopic (exact) mass is 498 g/mol. The molecule has 32 heavy (non-hydrogen) atoms. The van der Waals surface area contributed by atoms with Crippen molar-refractivity contribution in [2.45, 2.75) is 19.0 Å². The van der Waals surface area contributed by atoms with E-state index in [0.717, 1.165) is 15.6 Å². The summed E-state index contributed by atoms with van der Waals surface area (Å²) < 4.78 is 19.6. The minimum absolute atomic E-state index is 0.232. The number of carbonyl (C=O) groups is 2. The SMILES string of the molecule is CNC(=O)[C@@H](Cc1ccccc1)N(Cc1cccc(Br)c1)C(=O)COc1ccc(F)cc1. The van der Waals surface area contributed by atoms with Crippen molar-refractivity contribution in [1.82, 2.24) is 10.2 Å². The van der Waals surface area contributed by atoms with Gasteiger partial charge in [-0.25, -0.2) is 4.39 Å². The maximum atomic E-state index is 13.3. The molecule has 5 nitrogen and oxygen atoms in total. The molecule has 0 unspecified atom stereocenters. The van der Waals surface area contributed by atoms with E-state index in [9.17, 15) is 14.0 Å². The van der Waals surface area contributed by atoms with Gasteiger partial charge in [-0.2, -0.15) is 0 Å². The average Bonchev–Trinajstić information content (AvgIpc) is 2.81. The van der Waals surface area contributed by atoms with Crippen LogP contribution in [0.25, 0.3) is 0 Å². The predicted octanol–water partition coefficient (Wildman–Crippen LogP) is 4.35. The van der Waals surface area contributed by atoms with Gasteiger partial charge in [0.05, 0.1) is 0 Å². The Bertz CT molecular complexity index is 1040. The number of rotatable bonds is 9. The standard InChI is InChI=1S/C25H24BrFN2O3/c1-28-25(31)23(15-18-6-3-2-4-7-18)29(16-19-8-5-9-20(26)14-19)24(30)17-32-22-12-10-21(27)11-13-22/h2-14,23H,15-17H2,1H3,(H,28,31)/t23-/m1/s1. The van der Waals surface area contributed by atoms with Crippen LogP contribution in [0.2, 0.25) is 0 Å². The topological polar surface area (TPSA) is 58.6 Å². The Labute approximate surface area is 195 Å². The van der Waals surface area contributed by atoms with E-state index in [4.69, 9.17) is 4.74 Å². The van der Waals surface area contributed by atoms with Gasteiger partial charge >= 0.3 is 0 Å². The summed E-state index contributed by atoms with van der Waals surface area (Å²) in [5.41, 5.74) is 1.81. The molecular formula is C25H24BrFN2O3. The fourth-order valence-corrected chi connectivity index (χ4v) is 3.76. The number of likely N-dealkylation sites (N-methyl/N-ethyl adjacent to an activating group) is 1. The molecule has 0 aliphatic carbocycles. The molecule has 0 aliphatic heterocycles. The minimum Gasteiger partial charge on any atom is -0.484 e. The zero-order chi connectivity index (χ0) is 22.9. The van der Waals surface area contributed by atoms with Gasteiger partial charge in [0.15, 0.2) is 6.61 Å². The van der Waals surface area contributed by atoms with Gasteiger partial charge < -0.3 is 15.0 Å². The molecule has 1 N–H and O–H groups in total. The largest absolute Gasteiger partial charge is 0.484 e. The van der Waals surface area contributed by atoms with Gasteiger partial charge in [-0.05, 0) is 47.5 Å². The quantitative estimate of drug-likeness (QED) is 0.476.